The van der Waals surface area contributed by atoms with Gasteiger partial charge in [0.05, 0.1) is 6.04 Å². The van der Waals surface area contributed by atoms with Gasteiger partial charge in [-0.05, 0) is 43.5 Å². The summed E-state index contributed by atoms with van der Waals surface area (Å²) in [6.45, 7) is 7.95. The maximum absolute atomic E-state index is 12.2. The van der Waals surface area contributed by atoms with Gasteiger partial charge in [-0.15, -0.1) is 0 Å². The molecule has 1 saturated heterocycles. The lowest BCUT2D eigenvalue weighted by Crippen LogP contribution is -2.49. The Kier molecular flexibility index (Phi) is 7.50. The lowest BCUT2D eigenvalue weighted by molar-refractivity contribution is -0.139. The molecule has 0 unspecified atom stereocenters. The fourth-order valence-corrected chi connectivity index (χ4v) is 4.19. The Bertz CT molecular complexity index is 715. The smallest absolute Gasteiger partial charge is 0.309 e. The summed E-state index contributed by atoms with van der Waals surface area (Å²) >= 11 is 0. The summed E-state index contributed by atoms with van der Waals surface area (Å²) in [4.78, 5) is 31.3. The Labute approximate surface area is 174 Å². The molecule has 2 aliphatic heterocycles. The lowest BCUT2D eigenvalue weighted by atomic mass is 9.95. The summed E-state index contributed by atoms with van der Waals surface area (Å²) < 4.78 is 0. The number of hydrogen-bond acceptors (Lipinski definition) is 5. The number of fused-ring (bicyclic) bond motifs is 1. The van der Waals surface area contributed by atoms with Crippen molar-refractivity contribution in [2.75, 3.05) is 64.8 Å². The van der Waals surface area contributed by atoms with Crippen LogP contribution >= 0.6 is 0 Å². The fraction of sp³-hybridized carbons (Fsp3) is 0.636. The normalized spacial score (nSPS) is 18.8. The predicted octanol–water partition coefficient (Wildman–Crippen LogP) is 1.000. The number of benzene rings is 1. The molecule has 0 aromatic heterocycles. The number of nitrogens with one attached hydrogen (secondary N) is 2. The van der Waals surface area contributed by atoms with E-state index >= 15 is 0 Å². The highest BCUT2D eigenvalue weighted by molar-refractivity contribution is 6.35. The maximum atomic E-state index is 12.2. The molecule has 7 heteroatoms. The van der Waals surface area contributed by atoms with Crippen molar-refractivity contribution in [2.45, 2.75) is 32.2 Å². The number of amides is 2. The second-order valence-electron chi connectivity index (χ2n) is 8.23. The zero-order valence-corrected chi connectivity index (χ0v) is 18.0. The molecule has 1 aromatic carbocycles. The van der Waals surface area contributed by atoms with Crippen LogP contribution in [0.4, 0.5) is 5.69 Å². The van der Waals surface area contributed by atoms with Crippen molar-refractivity contribution in [3.05, 3.63) is 29.3 Å². The Morgan fingerprint density at radius 2 is 1.76 bits per heavy atom. The molecule has 2 amide bonds. The van der Waals surface area contributed by atoms with E-state index in [4.69, 9.17) is 0 Å². The van der Waals surface area contributed by atoms with Gasteiger partial charge in [0.2, 0.25) is 0 Å². The van der Waals surface area contributed by atoms with Crippen LogP contribution in [0.1, 0.15) is 36.9 Å². The molecule has 160 valence electrons. The van der Waals surface area contributed by atoms with E-state index in [-0.39, 0.29) is 6.04 Å². The summed E-state index contributed by atoms with van der Waals surface area (Å²) in [5.41, 5.74) is 3.90. The van der Waals surface area contributed by atoms with E-state index in [0.717, 1.165) is 45.6 Å². The van der Waals surface area contributed by atoms with Crippen molar-refractivity contribution in [1.29, 1.82) is 0 Å². The largest absolute Gasteiger partial charge is 0.374 e. The molecule has 1 aromatic rings. The summed E-state index contributed by atoms with van der Waals surface area (Å²) in [7, 11) is 4.28. The molecule has 0 saturated carbocycles. The molecule has 0 radical (unpaired) electrons. The van der Waals surface area contributed by atoms with Crippen molar-refractivity contribution in [2.24, 2.45) is 0 Å². The predicted molar refractivity (Wildman–Crippen MR) is 116 cm³/mol. The van der Waals surface area contributed by atoms with E-state index in [1.165, 1.54) is 23.2 Å². The molecule has 3 rings (SSSR count). The number of aryl methyl sites for hydroxylation is 1. The quantitative estimate of drug-likeness (QED) is 0.696. The third kappa shape index (κ3) is 5.48. The molecular weight excluding hydrogens is 366 g/mol. The number of hydrogen-bond donors (Lipinski definition) is 2. The highest BCUT2D eigenvalue weighted by Gasteiger charge is 2.26. The van der Waals surface area contributed by atoms with Crippen LogP contribution in [0.3, 0.4) is 0 Å². The molecular formula is C22H35N5O2. The van der Waals surface area contributed by atoms with Crippen LogP contribution in [-0.2, 0) is 16.0 Å². The van der Waals surface area contributed by atoms with Crippen molar-refractivity contribution in [1.82, 2.24) is 20.4 Å². The number of rotatable bonds is 6. The Morgan fingerprint density at radius 1 is 1.03 bits per heavy atom. The first-order valence-electron chi connectivity index (χ1n) is 10.8. The molecule has 0 aliphatic carbocycles. The van der Waals surface area contributed by atoms with Gasteiger partial charge in [-0.25, -0.2) is 0 Å². The minimum atomic E-state index is -0.546. The number of likely N-dealkylation sites (N-methyl/N-ethyl adjacent to an activating group) is 1. The van der Waals surface area contributed by atoms with E-state index in [0.29, 0.717) is 13.1 Å². The van der Waals surface area contributed by atoms with Crippen LogP contribution in [0, 0.1) is 0 Å². The molecule has 29 heavy (non-hydrogen) atoms. The number of piperazine rings is 1. The lowest BCUT2D eigenvalue weighted by Gasteiger charge is -2.39. The van der Waals surface area contributed by atoms with Gasteiger partial charge in [0, 0.05) is 58.5 Å². The number of nitrogens with zero attached hydrogens (tertiary/aromatic N) is 3. The number of carbonyl (C=O) groups is 2. The van der Waals surface area contributed by atoms with Gasteiger partial charge >= 0.3 is 11.8 Å². The Morgan fingerprint density at radius 3 is 2.48 bits per heavy atom. The van der Waals surface area contributed by atoms with Gasteiger partial charge in [0.1, 0.15) is 0 Å². The molecule has 2 heterocycles. The van der Waals surface area contributed by atoms with Crippen LogP contribution in [0.2, 0.25) is 0 Å². The first-order valence-corrected chi connectivity index (χ1v) is 10.8. The Hall–Kier alpha value is -2.12. The first kappa shape index (κ1) is 21.6. The highest BCUT2D eigenvalue weighted by atomic mass is 16.2. The number of carbonyl (C=O) groups excluding carboxylic acids is 2. The van der Waals surface area contributed by atoms with Crippen LogP contribution in [-0.4, -0.2) is 81.5 Å². The van der Waals surface area contributed by atoms with Crippen LogP contribution < -0.4 is 15.5 Å². The first-order chi connectivity index (χ1) is 14.0. The van der Waals surface area contributed by atoms with Crippen molar-refractivity contribution < 1.29 is 9.59 Å². The zero-order chi connectivity index (χ0) is 20.8. The molecule has 0 spiro atoms. The number of anilines is 1. The van der Waals surface area contributed by atoms with E-state index in [9.17, 15) is 9.59 Å². The zero-order valence-electron chi connectivity index (χ0n) is 18.0. The van der Waals surface area contributed by atoms with Gasteiger partial charge in [-0.1, -0.05) is 19.1 Å². The summed E-state index contributed by atoms with van der Waals surface area (Å²) in [5, 5.41) is 5.52. The minimum Gasteiger partial charge on any atom is -0.374 e. The second-order valence-corrected chi connectivity index (χ2v) is 8.23. The van der Waals surface area contributed by atoms with Gasteiger partial charge in [-0.2, -0.15) is 0 Å². The van der Waals surface area contributed by atoms with Gasteiger partial charge < -0.3 is 20.4 Å². The van der Waals surface area contributed by atoms with Crippen LogP contribution in [0.5, 0.6) is 0 Å². The van der Waals surface area contributed by atoms with Gasteiger partial charge in [0.25, 0.3) is 0 Å². The minimum absolute atomic E-state index is 0.0733. The van der Waals surface area contributed by atoms with Crippen molar-refractivity contribution in [3.63, 3.8) is 0 Å². The molecule has 1 atom stereocenters. The third-order valence-corrected chi connectivity index (χ3v) is 6.02. The SMILES string of the molecule is CCCNC(=O)C(=O)NC[C@@H](c1ccc2c(c1)CCCN2C)N1CCN(C)CC1. The summed E-state index contributed by atoms with van der Waals surface area (Å²) in [6.07, 6.45) is 3.07. The second kappa shape index (κ2) is 10.1. The van der Waals surface area contributed by atoms with Gasteiger partial charge in [-0.3, -0.25) is 14.5 Å². The molecule has 1 fully saturated rings. The third-order valence-electron chi connectivity index (χ3n) is 6.02. The van der Waals surface area contributed by atoms with Crippen molar-refractivity contribution >= 4 is 17.5 Å². The van der Waals surface area contributed by atoms with Gasteiger partial charge in [0.15, 0.2) is 0 Å². The van der Waals surface area contributed by atoms with Crippen LogP contribution in [0.15, 0.2) is 18.2 Å². The standard InChI is InChI=1S/C22H35N5O2/c1-4-9-23-21(28)22(29)24-16-20(27-13-11-25(2)12-14-27)18-7-8-19-17(15-18)6-5-10-26(19)3/h7-8,15,20H,4-6,9-14,16H2,1-3H3,(H,23,28)(H,24,29)/t20-/m0/s1. The van der Waals surface area contributed by atoms with E-state index in [1.54, 1.807) is 0 Å². The fourth-order valence-electron chi connectivity index (χ4n) is 4.19. The molecule has 2 N–H and O–H groups in total. The van der Waals surface area contributed by atoms with E-state index in [2.05, 4.69) is 57.6 Å². The molecule has 7 nitrogen and oxygen atoms in total. The molecule has 2 aliphatic rings. The van der Waals surface area contributed by atoms with Crippen LogP contribution in [0.25, 0.3) is 0 Å². The molecule has 0 bridgehead atoms. The van der Waals surface area contributed by atoms with E-state index in [1.807, 2.05) is 6.92 Å². The average molecular weight is 402 g/mol. The van der Waals surface area contributed by atoms with Crippen molar-refractivity contribution in [3.8, 4) is 0 Å². The highest BCUT2D eigenvalue weighted by Crippen LogP contribution is 2.31. The average Bonchev–Trinajstić information content (AvgIpc) is 2.73. The van der Waals surface area contributed by atoms with E-state index < -0.39 is 11.8 Å². The summed E-state index contributed by atoms with van der Waals surface area (Å²) in [5.74, 6) is -1.09. The topological polar surface area (TPSA) is 67.9 Å². The maximum Gasteiger partial charge on any atom is 0.309 e. The monoisotopic (exact) mass is 401 g/mol. The Balaban J connectivity index is 1.75. The summed E-state index contributed by atoms with van der Waals surface area (Å²) in [6, 6.07) is 6.77.